The van der Waals surface area contributed by atoms with Gasteiger partial charge in [-0.05, 0) is 51.0 Å². The van der Waals surface area contributed by atoms with E-state index < -0.39 is 5.41 Å². The van der Waals surface area contributed by atoms with Gasteiger partial charge in [0.25, 0.3) is 11.8 Å². The molecule has 2 aliphatic carbocycles. The lowest BCUT2D eigenvalue weighted by Gasteiger charge is -2.15. The maximum Gasteiger partial charge on any atom is 0.314 e. The number of hydrogen-bond acceptors (Lipinski definition) is 4. The largest absolute Gasteiger partial charge is 1.00 e. The van der Waals surface area contributed by atoms with Crippen molar-refractivity contribution in [3.8, 4) is 11.1 Å². The predicted octanol–water partition coefficient (Wildman–Crippen LogP) is 0.852. The van der Waals surface area contributed by atoms with E-state index in [-0.39, 0.29) is 41.5 Å². The van der Waals surface area contributed by atoms with Crippen molar-refractivity contribution in [3.05, 3.63) is 77.9 Å². The lowest BCUT2D eigenvalue weighted by molar-refractivity contribution is -0.727. The van der Waals surface area contributed by atoms with Gasteiger partial charge < -0.3 is 21.7 Å². The van der Waals surface area contributed by atoms with Crippen LogP contribution in [0.5, 0.6) is 0 Å². The number of carbonyl (C=O) groups excluding carboxylic acids is 3. The minimum absolute atomic E-state index is 0. The van der Waals surface area contributed by atoms with Crippen LogP contribution in [0.2, 0.25) is 0 Å². The van der Waals surface area contributed by atoms with Crippen LogP contribution in [0.25, 0.3) is 11.1 Å². The number of imidazole rings is 1. The number of rotatable bonds is 6. The first-order chi connectivity index (χ1) is 16.2. The molecule has 0 radical (unpaired) electrons. The van der Waals surface area contributed by atoms with E-state index >= 15 is 0 Å². The Morgan fingerprint density at radius 3 is 1.91 bits per heavy atom. The van der Waals surface area contributed by atoms with Crippen LogP contribution in [0.15, 0.2) is 61.1 Å². The minimum Gasteiger partial charge on any atom is -1.00 e. The molecule has 8 heteroatoms. The highest BCUT2D eigenvalue weighted by molar-refractivity contribution is 6.21. The first-order valence-electron chi connectivity index (χ1n) is 11.5. The van der Waals surface area contributed by atoms with E-state index in [1.54, 1.807) is 28.8 Å². The molecule has 0 unspecified atom stereocenters. The molecule has 1 aromatic carbocycles. The molecule has 0 saturated carbocycles. The number of benzene rings is 2. The zero-order chi connectivity index (χ0) is 24.5. The molecule has 1 aromatic heterocycles. The third-order valence-corrected chi connectivity index (χ3v) is 5.96. The number of ether oxygens (including phenoxy) is 1. The van der Waals surface area contributed by atoms with Gasteiger partial charge in [0.1, 0.15) is 11.9 Å². The van der Waals surface area contributed by atoms with E-state index in [0.29, 0.717) is 24.1 Å². The number of esters is 1. The van der Waals surface area contributed by atoms with Gasteiger partial charge in [0.05, 0.1) is 23.1 Å². The van der Waals surface area contributed by atoms with E-state index in [1.807, 2.05) is 44.8 Å². The molecule has 1 aliphatic heterocycles. The van der Waals surface area contributed by atoms with Gasteiger partial charge in [0.2, 0.25) is 13.1 Å². The molecule has 2 aromatic rings. The third kappa shape index (κ3) is 5.53. The highest BCUT2D eigenvalue weighted by Gasteiger charge is 2.35. The van der Waals surface area contributed by atoms with Crippen LogP contribution in [0.3, 0.4) is 0 Å². The molecule has 0 atom stereocenters. The highest BCUT2D eigenvalue weighted by atomic mass is 79.9. The molecule has 35 heavy (non-hydrogen) atoms. The average molecular weight is 540 g/mol. The molecule has 0 bridgehead atoms. The van der Waals surface area contributed by atoms with Crippen molar-refractivity contribution in [1.82, 2.24) is 9.47 Å². The monoisotopic (exact) mass is 539 g/mol. The topological polar surface area (TPSA) is 72.5 Å². The fraction of sp³-hybridized carbons (Fsp3) is 0.333. The molecule has 184 valence electrons. The van der Waals surface area contributed by atoms with Crippen molar-refractivity contribution in [3.63, 3.8) is 0 Å². The lowest BCUT2D eigenvalue weighted by atomic mass is 9.95. The molecule has 5 rings (SSSR count). The van der Waals surface area contributed by atoms with E-state index in [0.717, 1.165) is 12.2 Å². The molecule has 0 spiro atoms. The molecule has 3 aliphatic rings. The summed E-state index contributed by atoms with van der Waals surface area (Å²) < 4.78 is 9.17. The third-order valence-electron chi connectivity index (χ3n) is 5.96. The van der Waals surface area contributed by atoms with Gasteiger partial charge in [-0.25, -0.2) is 9.13 Å². The molecular weight excluding hydrogens is 510 g/mol. The lowest BCUT2D eigenvalue weighted by Crippen LogP contribution is -3.00. The number of hydrogen-bond donors (Lipinski definition) is 0. The molecule has 2 heterocycles. The Morgan fingerprint density at radius 1 is 0.943 bits per heavy atom. The number of halogens is 1. The van der Waals surface area contributed by atoms with E-state index in [4.69, 9.17) is 4.74 Å². The van der Waals surface area contributed by atoms with Gasteiger partial charge in [-0.3, -0.25) is 19.3 Å². The first kappa shape index (κ1) is 26.3. The molecule has 7 nitrogen and oxygen atoms in total. The second-order valence-electron chi connectivity index (χ2n) is 9.48. The van der Waals surface area contributed by atoms with Crippen LogP contribution >= 0.6 is 0 Å². The van der Waals surface area contributed by atoms with Crippen molar-refractivity contribution in [2.24, 2.45) is 5.41 Å². The summed E-state index contributed by atoms with van der Waals surface area (Å²) >= 11 is 0. The smallest absolute Gasteiger partial charge is 0.314 e. The fourth-order valence-electron chi connectivity index (χ4n) is 3.80. The number of nitrogens with zero attached hydrogens (tertiary/aromatic N) is 3. The predicted molar refractivity (Wildman–Crippen MR) is 127 cm³/mol. The first-order valence-corrected chi connectivity index (χ1v) is 11.5. The van der Waals surface area contributed by atoms with Gasteiger partial charge >= 0.3 is 5.97 Å². The Labute approximate surface area is 216 Å². The normalized spacial score (nSPS) is 13.0. The minimum atomic E-state index is -0.553. The second kappa shape index (κ2) is 10.6. The summed E-state index contributed by atoms with van der Waals surface area (Å²) in [6, 6.07) is 15.4. The Kier molecular flexibility index (Phi) is 7.95. The molecular formula is C27H30BrN3O4. The van der Waals surface area contributed by atoms with E-state index in [2.05, 4.69) is 24.3 Å². The molecule has 0 N–H and O–H groups in total. The molecule has 0 saturated heterocycles. The Morgan fingerprint density at radius 2 is 1.49 bits per heavy atom. The summed E-state index contributed by atoms with van der Waals surface area (Å²) in [6.45, 7) is 8.61. The SMILES string of the molecule is CCn1c[n+](COC(=O)C(C)(C)C)cc1CCN1C(=O)c2ccccc2C1=O.[Br-].c1cc2ccc1-2. The zero-order valence-electron chi connectivity index (χ0n) is 20.5. The summed E-state index contributed by atoms with van der Waals surface area (Å²) in [4.78, 5) is 38.2. The van der Waals surface area contributed by atoms with Gasteiger partial charge in [0.15, 0.2) is 0 Å². The maximum atomic E-state index is 12.5. The number of amides is 2. The zero-order valence-corrected chi connectivity index (χ0v) is 22.0. The number of carbonyl (C=O) groups is 3. The standard InChI is InChI=1S/C21H26N3O4.C6H4.BrH/c1-5-23-13-22(14-28-20(27)21(2,3)4)12-15(23)10-11-24-18(25)16-8-6-7-9-17(16)19(24)26;1-2-6-4-3-5(1)6;/h6-9,12-13H,5,10-11,14H2,1-4H3;1-4H;1H/q+1;;/p-1. The summed E-state index contributed by atoms with van der Waals surface area (Å²) in [5.74, 6) is -0.763. The van der Waals surface area contributed by atoms with Gasteiger partial charge in [0, 0.05) is 13.0 Å². The maximum absolute atomic E-state index is 12.5. The van der Waals surface area contributed by atoms with Crippen LogP contribution in [0.4, 0.5) is 0 Å². The van der Waals surface area contributed by atoms with Crippen molar-refractivity contribution in [2.75, 3.05) is 6.54 Å². The summed E-state index contributed by atoms with van der Waals surface area (Å²) in [7, 11) is 0. The summed E-state index contributed by atoms with van der Waals surface area (Å²) in [6.07, 6.45) is 4.28. The highest BCUT2D eigenvalue weighted by Crippen LogP contribution is 2.29. The quantitative estimate of drug-likeness (QED) is 0.207. The van der Waals surface area contributed by atoms with Crippen molar-refractivity contribution in [2.45, 2.75) is 47.4 Å². The summed E-state index contributed by atoms with van der Waals surface area (Å²) in [5.41, 5.74) is 4.18. The number of aryl methyl sites for hydroxylation is 1. The molecule has 2 amide bonds. The molecule has 0 fully saturated rings. The average Bonchev–Trinajstić information content (AvgIpc) is 3.31. The van der Waals surface area contributed by atoms with Crippen LogP contribution in [0, 0.1) is 5.41 Å². The van der Waals surface area contributed by atoms with Crippen LogP contribution in [-0.4, -0.2) is 33.8 Å². The van der Waals surface area contributed by atoms with Crippen LogP contribution < -0.4 is 21.5 Å². The Hall–Kier alpha value is -3.26. The number of imide groups is 1. The Balaban J connectivity index is 0.000000419. The van der Waals surface area contributed by atoms with Crippen molar-refractivity contribution in [1.29, 1.82) is 0 Å². The van der Waals surface area contributed by atoms with E-state index in [1.165, 1.54) is 16.0 Å². The van der Waals surface area contributed by atoms with Crippen LogP contribution in [0.1, 0.15) is 54.1 Å². The summed E-state index contributed by atoms with van der Waals surface area (Å²) in [5, 5.41) is 0. The second-order valence-corrected chi connectivity index (χ2v) is 9.48. The van der Waals surface area contributed by atoms with Gasteiger partial charge in [-0.15, -0.1) is 0 Å². The Bertz CT molecular complexity index is 1190. The van der Waals surface area contributed by atoms with Gasteiger partial charge in [-0.1, -0.05) is 36.4 Å². The fourth-order valence-corrected chi connectivity index (χ4v) is 3.80. The van der Waals surface area contributed by atoms with E-state index in [9.17, 15) is 14.4 Å². The van der Waals surface area contributed by atoms with Crippen LogP contribution in [-0.2, 0) is 29.2 Å². The number of fused-ring (bicyclic) bond motifs is 2. The van der Waals surface area contributed by atoms with Crippen molar-refractivity contribution < 1.29 is 40.7 Å². The number of aromatic nitrogens is 2. The van der Waals surface area contributed by atoms with Crippen molar-refractivity contribution >= 4 is 17.8 Å². The van der Waals surface area contributed by atoms with Gasteiger partial charge in [-0.2, -0.15) is 0 Å².